The Bertz CT molecular complexity index is 322. The molecule has 1 heterocycles. The van der Waals surface area contributed by atoms with Crippen molar-refractivity contribution >= 4 is 17.5 Å². The Kier molecular flexibility index (Phi) is 3.57. The van der Waals surface area contributed by atoms with Crippen LogP contribution in [0.2, 0.25) is 0 Å². The molecule has 0 fully saturated rings. The van der Waals surface area contributed by atoms with Crippen LogP contribution in [0.4, 0.5) is 0 Å². The molecule has 78 valence electrons. The highest BCUT2D eigenvalue weighted by Crippen LogP contribution is 2.23. The number of hydrogen-bond acceptors (Lipinski definition) is 4. The standard InChI is InChI=1S/C9H14N2O2S/c1-4-6(9(12)13)8-10-7(5(2)3)11-14-8/h5-6H,4H2,1-3H3,(H,12,13). The molecule has 5 heteroatoms. The number of carboxylic acid groups (broad SMARTS) is 1. The molecular formula is C9H14N2O2S. The van der Waals surface area contributed by atoms with E-state index in [-0.39, 0.29) is 5.92 Å². The average molecular weight is 214 g/mol. The number of rotatable bonds is 4. The van der Waals surface area contributed by atoms with E-state index in [0.29, 0.717) is 11.4 Å². The van der Waals surface area contributed by atoms with Crippen LogP contribution in [0.3, 0.4) is 0 Å². The molecule has 4 nitrogen and oxygen atoms in total. The lowest BCUT2D eigenvalue weighted by molar-refractivity contribution is -0.138. The maximum Gasteiger partial charge on any atom is 0.313 e. The predicted molar refractivity (Wildman–Crippen MR) is 54.7 cm³/mol. The predicted octanol–water partition coefficient (Wildman–Crippen LogP) is 2.24. The van der Waals surface area contributed by atoms with Gasteiger partial charge >= 0.3 is 5.97 Å². The van der Waals surface area contributed by atoms with Crippen LogP contribution < -0.4 is 0 Å². The van der Waals surface area contributed by atoms with Crippen LogP contribution in [0.5, 0.6) is 0 Å². The Morgan fingerprint density at radius 3 is 2.57 bits per heavy atom. The Hall–Kier alpha value is -0.970. The van der Waals surface area contributed by atoms with Gasteiger partial charge in [0.25, 0.3) is 0 Å². The summed E-state index contributed by atoms with van der Waals surface area (Å²) in [5.74, 6) is -0.324. The summed E-state index contributed by atoms with van der Waals surface area (Å²) in [6.07, 6.45) is 0.558. The van der Waals surface area contributed by atoms with Gasteiger partial charge in [-0.15, -0.1) is 0 Å². The summed E-state index contributed by atoms with van der Waals surface area (Å²) >= 11 is 1.20. The minimum atomic E-state index is -0.820. The van der Waals surface area contributed by atoms with Crippen molar-refractivity contribution in [1.29, 1.82) is 0 Å². The van der Waals surface area contributed by atoms with E-state index < -0.39 is 11.9 Å². The van der Waals surface area contributed by atoms with Crippen LogP contribution in [0, 0.1) is 0 Å². The Labute approximate surface area is 87.2 Å². The Morgan fingerprint density at radius 2 is 2.21 bits per heavy atom. The van der Waals surface area contributed by atoms with E-state index in [1.165, 1.54) is 11.5 Å². The number of carbonyl (C=O) groups is 1. The third kappa shape index (κ3) is 2.29. The number of aromatic nitrogens is 2. The van der Waals surface area contributed by atoms with E-state index in [0.717, 1.165) is 5.82 Å². The summed E-state index contributed by atoms with van der Waals surface area (Å²) in [5.41, 5.74) is 0. The summed E-state index contributed by atoms with van der Waals surface area (Å²) in [6.45, 7) is 5.83. The summed E-state index contributed by atoms with van der Waals surface area (Å²) in [6, 6.07) is 0. The third-order valence-electron chi connectivity index (χ3n) is 1.98. The molecule has 0 aliphatic heterocycles. The molecule has 0 saturated carbocycles. The largest absolute Gasteiger partial charge is 0.481 e. The smallest absolute Gasteiger partial charge is 0.313 e. The number of nitrogens with zero attached hydrogens (tertiary/aromatic N) is 2. The van der Waals surface area contributed by atoms with Gasteiger partial charge in [-0.25, -0.2) is 4.98 Å². The first-order valence-electron chi connectivity index (χ1n) is 4.62. The SMILES string of the molecule is CCC(C(=O)O)c1nc(C(C)C)ns1. The summed E-state index contributed by atoms with van der Waals surface area (Å²) < 4.78 is 4.13. The zero-order valence-corrected chi connectivity index (χ0v) is 9.34. The van der Waals surface area contributed by atoms with Gasteiger partial charge in [-0.05, 0) is 18.0 Å². The third-order valence-corrected chi connectivity index (χ3v) is 2.82. The fourth-order valence-corrected chi connectivity index (χ4v) is 2.05. The van der Waals surface area contributed by atoms with Crippen molar-refractivity contribution < 1.29 is 9.90 Å². The van der Waals surface area contributed by atoms with Gasteiger partial charge in [0.05, 0.1) is 0 Å². The van der Waals surface area contributed by atoms with Gasteiger partial charge in [-0.2, -0.15) is 4.37 Å². The first-order valence-corrected chi connectivity index (χ1v) is 5.39. The molecule has 1 atom stereocenters. The second-order valence-corrected chi connectivity index (χ2v) is 4.23. The molecule has 0 aromatic carbocycles. The zero-order valence-electron chi connectivity index (χ0n) is 8.52. The van der Waals surface area contributed by atoms with Crippen LogP contribution in [-0.4, -0.2) is 20.4 Å². The van der Waals surface area contributed by atoms with Crippen molar-refractivity contribution in [1.82, 2.24) is 9.36 Å². The van der Waals surface area contributed by atoms with E-state index in [1.54, 1.807) is 0 Å². The van der Waals surface area contributed by atoms with E-state index >= 15 is 0 Å². The lowest BCUT2D eigenvalue weighted by Crippen LogP contribution is -2.10. The lowest BCUT2D eigenvalue weighted by atomic mass is 10.1. The lowest BCUT2D eigenvalue weighted by Gasteiger charge is -2.03. The Balaban J connectivity index is 2.89. The summed E-state index contributed by atoms with van der Waals surface area (Å²) in [4.78, 5) is 15.1. The van der Waals surface area contributed by atoms with Gasteiger partial charge < -0.3 is 5.11 Å². The maximum absolute atomic E-state index is 10.8. The molecule has 0 bridgehead atoms. The molecule has 1 rings (SSSR count). The van der Waals surface area contributed by atoms with Crippen molar-refractivity contribution in [3.8, 4) is 0 Å². The molecule has 0 amide bonds. The van der Waals surface area contributed by atoms with Crippen molar-refractivity contribution in [3.63, 3.8) is 0 Å². The Morgan fingerprint density at radius 1 is 1.57 bits per heavy atom. The summed E-state index contributed by atoms with van der Waals surface area (Å²) in [5, 5.41) is 9.53. The first kappa shape index (κ1) is 11.1. The molecule has 1 aromatic rings. The minimum Gasteiger partial charge on any atom is -0.481 e. The number of carboxylic acids is 1. The fraction of sp³-hybridized carbons (Fsp3) is 0.667. The highest BCUT2D eigenvalue weighted by atomic mass is 32.1. The zero-order chi connectivity index (χ0) is 10.7. The van der Waals surface area contributed by atoms with E-state index in [2.05, 4.69) is 9.36 Å². The average Bonchev–Trinajstić information content (AvgIpc) is 2.53. The molecule has 0 saturated heterocycles. The first-order chi connectivity index (χ1) is 6.56. The number of aliphatic carboxylic acids is 1. The van der Waals surface area contributed by atoms with Crippen LogP contribution in [0.1, 0.15) is 49.9 Å². The summed E-state index contributed by atoms with van der Waals surface area (Å²) in [7, 11) is 0. The van der Waals surface area contributed by atoms with Gasteiger partial charge in [-0.1, -0.05) is 20.8 Å². The second kappa shape index (κ2) is 4.50. The fourth-order valence-electron chi connectivity index (χ4n) is 1.08. The molecule has 0 spiro atoms. The molecule has 0 aliphatic carbocycles. The highest BCUT2D eigenvalue weighted by Gasteiger charge is 2.22. The molecule has 0 aliphatic rings. The van der Waals surface area contributed by atoms with Crippen molar-refractivity contribution in [3.05, 3.63) is 10.8 Å². The molecule has 1 unspecified atom stereocenters. The second-order valence-electron chi connectivity index (χ2n) is 3.44. The van der Waals surface area contributed by atoms with Gasteiger partial charge in [0.2, 0.25) is 0 Å². The van der Waals surface area contributed by atoms with Crippen LogP contribution >= 0.6 is 11.5 Å². The van der Waals surface area contributed by atoms with Crippen LogP contribution in [0.15, 0.2) is 0 Å². The van der Waals surface area contributed by atoms with Crippen LogP contribution in [0.25, 0.3) is 0 Å². The molecule has 14 heavy (non-hydrogen) atoms. The highest BCUT2D eigenvalue weighted by molar-refractivity contribution is 7.05. The maximum atomic E-state index is 10.8. The van der Waals surface area contributed by atoms with E-state index in [4.69, 9.17) is 5.11 Å². The van der Waals surface area contributed by atoms with Crippen molar-refractivity contribution in [2.24, 2.45) is 0 Å². The normalized spacial score (nSPS) is 13.1. The quantitative estimate of drug-likeness (QED) is 0.834. The monoisotopic (exact) mass is 214 g/mol. The van der Waals surface area contributed by atoms with Gasteiger partial charge in [0.1, 0.15) is 16.7 Å². The number of hydrogen-bond donors (Lipinski definition) is 1. The van der Waals surface area contributed by atoms with Gasteiger partial charge in [-0.3, -0.25) is 4.79 Å². The molecule has 1 aromatic heterocycles. The molecular weight excluding hydrogens is 200 g/mol. The topological polar surface area (TPSA) is 63.1 Å². The molecule has 0 radical (unpaired) electrons. The van der Waals surface area contributed by atoms with E-state index in [1.807, 2.05) is 20.8 Å². The van der Waals surface area contributed by atoms with E-state index in [9.17, 15) is 4.79 Å². The van der Waals surface area contributed by atoms with Gasteiger partial charge in [0.15, 0.2) is 0 Å². The van der Waals surface area contributed by atoms with Gasteiger partial charge in [0, 0.05) is 5.92 Å². The van der Waals surface area contributed by atoms with Crippen molar-refractivity contribution in [2.75, 3.05) is 0 Å². The van der Waals surface area contributed by atoms with Crippen LogP contribution in [-0.2, 0) is 4.79 Å². The minimum absolute atomic E-state index is 0.256. The molecule has 1 N–H and O–H groups in total. The van der Waals surface area contributed by atoms with Crippen molar-refractivity contribution in [2.45, 2.75) is 39.0 Å².